The number of hydrogen-bond acceptors (Lipinski definition) is 8. The summed E-state index contributed by atoms with van der Waals surface area (Å²) in [5.41, 5.74) is 1.10. The number of nitrogens with zero attached hydrogens (tertiary/aromatic N) is 2. The van der Waals surface area contributed by atoms with Crippen molar-refractivity contribution >= 4 is 29.4 Å². The summed E-state index contributed by atoms with van der Waals surface area (Å²) in [6, 6.07) is 19.1. The van der Waals surface area contributed by atoms with Crippen LogP contribution >= 0.6 is 0 Å². The van der Waals surface area contributed by atoms with Crippen LogP contribution < -0.4 is 19.5 Å². The highest BCUT2D eigenvalue weighted by Gasteiger charge is 2.20. The topological polar surface area (TPSA) is 144 Å². The molecule has 0 bridgehead atoms. The number of carboxylic acid groups (broad SMARTS) is 1. The zero-order valence-corrected chi connectivity index (χ0v) is 24.7. The van der Waals surface area contributed by atoms with Crippen molar-refractivity contribution < 1.29 is 47.3 Å². The van der Waals surface area contributed by atoms with Crippen molar-refractivity contribution in [3.8, 4) is 17.4 Å². The number of amides is 2. The molecule has 4 aromatic rings. The number of esters is 1. The maximum absolute atomic E-state index is 13.5. The van der Waals surface area contributed by atoms with Crippen molar-refractivity contribution in [1.82, 2.24) is 9.88 Å². The summed E-state index contributed by atoms with van der Waals surface area (Å²) < 4.78 is 42.3. The summed E-state index contributed by atoms with van der Waals surface area (Å²) in [4.78, 5) is 54.8. The van der Waals surface area contributed by atoms with Crippen LogP contribution in [0.15, 0.2) is 85.1 Å². The Morgan fingerprint density at radius 1 is 0.870 bits per heavy atom. The van der Waals surface area contributed by atoms with E-state index in [0.29, 0.717) is 17.1 Å². The maximum atomic E-state index is 13.5. The Hall–Kier alpha value is -5.85. The van der Waals surface area contributed by atoms with Crippen LogP contribution in [0.2, 0.25) is 0 Å². The van der Waals surface area contributed by atoms with Crippen molar-refractivity contribution in [2.75, 3.05) is 26.1 Å². The highest BCUT2D eigenvalue weighted by atomic mass is 19.3. The summed E-state index contributed by atoms with van der Waals surface area (Å²) in [6.45, 7) is -0.651. The minimum absolute atomic E-state index is 0.0609. The number of methoxy groups -OCH3 is 2. The molecule has 2 N–H and O–H groups in total. The molecule has 0 atom stereocenters. The molecule has 0 spiro atoms. The zero-order chi connectivity index (χ0) is 33.2. The van der Waals surface area contributed by atoms with Crippen molar-refractivity contribution in [2.24, 2.45) is 0 Å². The van der Waals surface area contributed by atoms with Gasteiger partial charge in [-0.25, -0.2) is 18.6 Å². The smallest absolute Gasteiger partial charge is 0.345 e. The summed E-state index contributed by atoms with van der Waals surface area (Å²) >= 11 is 0. The fourth-order valence-electron chi connectivity index (χ4n) is 4.35. The molecule has 13 heteroatoms. The summed E-state index contributed by atoms with van der Waals surface area (Å²) in [5, 5.41) is 12.0. The lowest BCUT2D eigenvalue weighted by molar-refractivity contribution is -0.137. The minimum Gasteiger partial charge on any atom is -0.497 e. The van der Waals surface area contributed by atoms with Crippen LogP contribution in [0, 0.1) is 0 Å². The van der Waals surface area contributed by atoms with Crippen LogP contribution in [0.1, 0.15) is 43.8 Å². The molecule has 0 saturated carbocycles. The van der Waals surface area contributed by atoms with Crippen molar-refractivity contribution in [3.05, 3.63) is 113 Å². The van der Waals surface area contributed by atoms with E-state index in [1.54, 1.807) is 12.1 Å². The lowest BCUT2D eigenvalue weighted by Gasteiger charge is -2.21. The van der Waals surface area contributed by atoms with Crippen LogP contribution in [0.25, 0.3) is 0 Å². The fraction of sp³-hybridized carbons (Fsp3) is 0.182. The Balaban J connectivity index is 1.38. The molecule has 4 rings (SSSR count). The van der Waals surface area contributed by atoms with Gasteiger partial charge in [0.25, 0.3) is 12.3 Å². The lowest BCUT2D eigenvalue weighted by Crippen LogP contribution is -2.35. The van der Waals surface area contributed by atoms with Gasteiger partial charge >= 0.3 is 11.9 Å². The minimum atomic E-state index is -2.80. The van der Waals surface area contributed by atoms with Crippen LogP contribution in [0.5, 0.6) is 17.4 Å². The van der Waals surface area contributed by atoms with Gasteiger partial charge in [-0.15, -0.1) is 0 Å². The number of alkyl halides is 2. The van der Waals surface area contributed by atoms with Crippen LogP contribution in [-0.2, 0) is 22.6 Å². The number of pyridine rings is 1. The predicted molar refractivity (Wildman–Crippen MR) is 161 cm³/mol. The summed E-state index contributed by atoms with van der Waals surface area (Å²) in [5.74, 6) is -2.16. The molecule has 1 aromatic heterocycles. The van der Waals surface area contributed by atoms with E-state index in [4.69, 9.17) is 14.2 Å². The van der Waals surface area contributed by atoms with E-state index in [2.05, 4.69) is 10.3 Å². The van der Waals surface area contributed by atoms with E-state index < -0.39 is 36.7 Å². The molecular weight excluding hydrogens is 604 g/mol. The fourth-order valence-corrected chi connectivity index (χ4v) is 4.35. The van der Waals surface area contributed by atoms with E-state index in [0.717, 1.165) is 4.90 Å². The average Bonchev–Trinajstić information content (AvgIpc) is 3.05. The molecule has 0 aliphatic carbocycles. The Bertz CT molecular complexity index is 1700. The summed E-state index contributed by atoms with van der Waals surface area (Å²) in [7, 11) is 2.81. The van der Waals surface area contributed by atoms with Gasteiger partial charge in [-0.05, 0) is 65.7 Å². The van der Waals surface area contributed by atoms with Gasteiger partial charge in [0.1, 0.15) is 18.0 Å². The normalized spacial score (nSPS) is 10.6. The first-order chi connectivity index (χ1) is 22.1. The molecule has 2 amide bonds. The molecule has 1 heterocycles. The number of anilines is 1. The number of benzene rings is 3. The van der Waals surface area contributed by atoms with Gasteiger partial charge in [0.05, 0.1) is 26.2 Å². The molecular formula is C33H29F2N3O8. The van der Waals surface area contributed by atoms with Crippen LogP contribution in [0.4, 0.5) is 14.5 Å². The Labute approximate surface area is 262 Å². The number of carbonyl (C=O) groups excluding carboxylic acids is 3. The van der Waals surface area contributed by atoms with E-state index in [-0.39, 0.29) is 46.7 Å². The standard InChI is InChI=1S/C33H29F2N3O8/c1-44-26-13-7-22(27(16-26)31(34)35)15-28(39)37-24-9-5-21(6-10-24)32(42)38(19-30(40)41)18-20-3-11-25(12-4-20)46-33(43)23-8-14-29(45-2)36-17-23/h3-14,16-17,31H,15,18-19H2,1-2H3,(H,37,39)(H,40,41). The molecule has 11 nitrogen and oxygen atoms in total. The van der Waals surface area contributed by atoms with Crippen LogP contribution in [-0.4, -0.2) is 59.5 Å². The largest absolute Gasteiger partial charge is 0.497 e. The SMILES string of the molecule is COc1ccc(CC(=O)Nc2ccc(C(=O)N(CC(=O)O)Cc3ccc(OC(=O)c4ccc(OC)nc4)cc3)cc2)c(C(F)F)c1. The quantitative estimate of drug-likeness (QED) is 0.151. The molecule has 0 fully saturated rings. The highest BCUT2D eigenvalue weighted by Crippen LogP contribution is 2.28. The summed E-state index contributed by atoms with van der Waals surface area (Å²) in [6.07, 6.45) is -1.79. The van der Waals surface area contributed by atoms with Gasteiger partial charge in [-0.3, -0.25) is 14.4 Å². The molecule has 238 valence electrons. The van der Waals surface area contributed by atoms with Crippen LogP contribution in [0.3, 0.4) is 0 Å². The molecule has 0 unspecified atom stereocenters. The Morgan fingerprint density at radius 2 is 1.54 bits per heavy atom. The first-order valence-electron chi connectivity index (χ1n) is 13.7. The van der Waals surface area contributed by atoms with E-state index in [1.165, 1.54) is 87.1 Å². The van der Waals surface area contributed by atoms with E-state index in [9.17, 15) is 33.1 Å². The third kappa shape index (κ3) is 8.85. The van der Waals surface area contributed by atoms with Crippen molar-refractivity contribution in [2.45, 2.75) is 19.4 Å². The predicted octanol–water partition coefficient (Wildman–Crippen LogP) is 5.16. The lowest BCUT2D eigenvalue weighted by atomic mass is 10.0. The Kier molecular flexibility index (Phi) is 10.9. The first kappa shape index (κ1) is 33.1. The molecule has 0 aliphatic rings. The molecule has 0 aliphatic heterocycles. The van der Waals surface area contributed by atoms with Gasteiger partial charge in [0.2, 0.25) is 11.8 Å². The number of nitrogens with one attached hydrogen (secondary N) is 1. The average molecular weight is 634 g/mol. The Morgan fingerprint density at radius 3 is 2.13 bits per heavy atom. The molecule has 46 heavy (non-hydrogen) atoms. The number of aliphatic carboxylic acids is 1. The highest BCUT2D eigenvalue weighted by molar-refractivity contribution is 5.97. The number of carbonyl (C=O) groups is 4. The molecule has 0 saturated heterocycles. The first-order valence-corrected chi connectivity index (χ1v) is 13.7. The van der Waals surface area contributed by atoms with Gasteiger partial charge in [-0.1, -0.05) is 18.2 Å². The second-order valence-electron chi connectivity index (χ2n) is 9.85. The van der Waals surface area contributed by atoms with Gasteiger partial charge < -0.3 is 29.5 Å². The molecule has 3 aromatic carbocycles. The zero-order valence-electron chi connectivity index (χ0n) is 24.7. The maximum Gasteiger partial charge on any atom is 0.345 e. The van der Waals surface area contributed by atoms with Gasteiger partial charge in [-0.2, -0.15) is 0 Å². The third-order valence-electron chi connectivity index (χ3n) is 6.66. The number of aromatic nitrogens is 1. The van der Waals surface area contributed by atoms with Gasteiger partial charge in [0, 0.05) is 35.6 Å². The third-order valence-corrected chi connectivity index (χ3v) is 6.66. The number of carboxylic acids is 1. The number of hydrogen-bond donors (Lipinski definition) is 2. The number of halogens is 2. The second-order valence-corrected chi connectivity index (χ2v) is 9.85. The number of ether oxygens (including phenoxy) is 3. The number of rotatable bonds is 13. The van der Waals surface area contributed by atoms with E-state index in [1.807, 2.05) is 0 Å². The van der Waals surface area contributed by atoms with E-state index >= 15 is 0 Å². The monoisotopic (exact) mass is 633 g/mol. The van der Waals surface area contributed by atoms with Crippen molar-refractivity contribution in [1.29, 1.82) is 0 Å². The van der Waals surface area contributed by atoms with Gasteiger partial charge in [0.15, 0.2) is 0 Å². The second kappa shape index (κ2) is 15.2. The van der Waals surface area contributed by atoms with Crippen molar-refractivity contribution in [3.63, 3.8) is 0 Å². The molecule has 0 radical (unpaired) electrons.